The number of hydrogen-bond acceptors (Lipinski definition) is 4. The molecule has 0 unspecified atom stereocenters. The molecule has 1 aliphatic rings. The second-order valence-corrected chi connectivity index (χ2v) is 10.1. The van der Waals surface area contributed by atoms with E-state index in [9.17, 15) is 5.11 Å². The molecule has 1 N–H and O–H groups in total. The molecule has 172 valence electrons. The van der Waals surface area contributed by atoms with E-state index in [-0.39, 0.29) is 6.04 Å². The first kappa shape index (κ1) is 21.1. The Balaban J connectivity index is 1.70. The number of benzene rings is 2. The van der Waals surface area contributed by atoms with Crippen LogP contribution < -0.4 is 0 Å². The maximum absolute atomic E-state index is 10.8. The number of aryl methyl sites for hydroxylation is 2. The van der Waals surface area contributed by atoms with Crippen molar-refractivity contribution < 1.29 is 9.63 Å². The standard InChI is InChI=1S/C29H29N3O2/c1-17-26(18(2)34-31-17)21-14-25-27(30-16-21)23-13-12-22(29(3,4)33)15-24(23)32(25)28(20-10-11-20)19-8-6-5-7-9-19/h5-9,12-16,20,28,33H,10-11H2,1-4H3/t28-/m1/s1. The molecular weight excluding hydrogens is 422 g/mol. The Bertz CT molecular complexity index is 1500. The van der Waals surface area contributed by atoms with Crippen LogP contribution in [-0.4, -0.2) is 19.8 Å². The predicted octanol–water partition coefficient (Wildman–Crippen LogP) is 6.69. The Morgan fingerprint density at radius 3 is 2.44 bits per heavy atom. The van der Waals surface area contributed by atoms with Gasteiger partial charge in [0.15, 0.2) is 0 Å². The van der Waals surface area contributed by atoms with Crippen molar-refractivity contribution in [3.8, 4) is 11.1 Å². The molecule has 0 aliphatic heterocycles. The fraction of sp³-hybridized carbons (Fsp3) is 0.310. The highest BCUT2D eigenvalue weighted by Gasteiger charge is 2.36. The minimum absolute atomic E-state index is 0.208. The van der Waals surface area contributed by atoms with Gasteiger partial charge in [-0.3, -0.25) is 4.98 Å². The highest BCUT2D eigenvalue weighted by atomic mass is 16.5. The molecule has 34 heavy (non-hydrogen) atoms. The lowest BCUT2D eigenvalue weighted by Crippen LogP contribution is -2.16. The van der Waals surface area contributed by atoms with Crippen LogP contribution in [0.25, 0.3) is 33.1 Å². The smallest absolute Gasteiger partial charge is 0.141 e. The average Bonchev–Trinajstić information content (AvgIpc) is 3.53. The molecule has 1 fully saturated rings. The van der Waals surface area contributed by atoms with Crippen LogP contribution in [0, 0.1) is 19.8 Å². The fourth-order valence-corrected chi connectivity index (χ4v) is 5.31. The maximum Gasteiger partial charge on any atom is 0.141 e. The highest BCUT2D eigenvalue weighted by Crippen LogP contribution is 2.47. The Morgan fingerprint density at radius 2 is 1.79 bits per heavy atom. The van der Waals surface area contributed by atoms with Gasteiger partial charge in [0.25, 0.3) is 0 Å². The minimum Gasteiger partial charge on any atom is -0.386 e. The molecular formula is C29H29N3O2. The van der Waals surface area contributed by atoms with Gasteiger partial charge in [-0.05, 0) is 69.7 Å². The van der Waals surface area contributed by atoms with Crippen LogP contribution in [0.5, 0.6) is 0 Å². The largest absolute Gasteiger partial charge is 0.386 e. The van der Waals surface area contributed by atoms with E-state index >= 15 is 0 Å². The van der Waals surface area contributed by atoms with Crippen LogP contribution in [-0.2, 0) is 5.60 Å². The summed E-state index contributed by atoms with van der Waals surface area (Å²) in [7, 11) is 0. The molecule has 1 atom stereocenters. The van der Waals surface area contributed by atoms with Crippen molar-refractivity contribution in [2.75, 3.05) is 0 Å². The second kappa shape index (κ2) is 7.54. The van der Waals surface area contributed by atoms with Gasteiger partial charge in [-0.25, -0.2) is 0 Å². The molecule has 2 aromatic carbocycles. The van der Waals surface area contributed by atoms with Crippen molar-refractivity contribution >= 4 is 21.9 Å². The SMILES string of the molecule is Cc1noc(C)c1-c1cnc2c3ccc(C(C)(C)O)cc3n([C@H](c3ccccc3)C3CC3)c2c1. The molecule has 5 nitrogen and oxygen atoms in total. The third-order valence-electron chi connectivity index (χ3n) is 7.16. The molecule has 0 spiro atoms. The molecule has 0 saturated heterocycles. The molecule has 3 aromatic heterocycles. The van der Waals surface area contributed by atoms with Gasteiger partial charge in [0.2, 0.25) is 0 Å². The van der Waals surface area contributed by atoms with Crippen LogP contribution in [0.15, 0.2) is 65.3 Å². The Kier molecular flexibility index (Phi) is 4.68. The summed E-state index contributed by atoms with van der Waals surface area (Å²) in [5.41, 5.74) is 7.36. The van der Waals surface area contributed by atoms with E-state index in [1.165, 1.54) is 18.4 Å². The van der Waals surface area contributed by atoms with Crippen LogP contribution in [0.4, 0.5) is 0 Å². The number of fused-ring (bicyclic) bond motifs is 3. The summed E-state index contributed by atoms with van der Waals surface area (Å²) in [6, 6.07) is 19.5. The molecule has 5 heteroatoms. The molecule has 3 heterocycles. The third kappa shape index (κ3) is 3.34. The van der Waals surface area contributed by atoms with E-state index in [2.05, 4.69) is 58.3 Å². The topological polar surface area (TPSA) is 64.1 Å². The van der Waals surface area contributed by atoms with Crippen molar-refractivity contribution in [1.82, 2.24) is 14.7 Å². The summed E-state index contributed by atoms with van der Waals surface area (Å²) in [6.07, 6.45) is 4.35. The van der Waals surface area contributed by atoms with Crippen molar-refractivity contribution in [2.24, 2.45) is 5.92 Å². The van der Waals surface area contributed by atoms with Crippen molar-refractivity contribution in [3.05, 3.63) is 83.4 Å². The molecule has 0 amide bonds. The number of nitrogens with zero attached hydrogens (tertiary/aromatic N) is 3. The molecule has 0 radical (unpaired) electrons. The van der Waals surface area contributed by atoms with E-state index in [0.717, 1.165) is 50.1 Å². The van der Waals surface area contributed by atoms with Crippen LogP contribution in [0.1, 0.15) is 55.3 Å². The van der Waals surface area contributed by atoms with Gasteiger partial charge in [0.1, 0.15) is 5.76 Å². The van der Waals surface area contributed by atoms with E-state index in [0.29, 0.717) is 5.92 Å². The lowest BCUT2D eigenvalue weighted by Gasteiger charge is -2.23. The maximum atomic E-state index is 10.8. The third-order valence-corrected chi connectivity index (χ3v) is 7.16. The summed E-state index contributed by atoms with van der Waals surface area (Å²) in [5.74, 6) is 1.38. The number of hydrogen-bond donors (Lipinski definition) is 1. The van der Waals surface area contributed by atoms with Gasteiger partial charge in [0.05, 0.1) is 33.9 Å². The van der Waals surface area contributed by atoms with E-state index in [4.69, 9.17) is 9.51 Å². The van der Waals surface area contributed by atoms with Crippen LogP contribution >= 0.6 is 0 Å². The normalized spacial score (nSPS) is 15.3. The molecule has 6 rings (SSSR count). The summed E-state index contributed by atoms with van der Waals surface area (Å²) in [4.78, 5) is 4.96. The number of aliphatic hydroxyl groups is 1. The first-order valence-corrected chi connectivity index (χ1v) is 12.0. The number of aromatic nitrogens is 3. The second-order valence-electron chi connectivity index (χ2n) is 10.1. The number of pyridine rings is 1. The van der Waals surface area contributed by atoms with E-state index < -0.39 is 5.60 Å². The highest BCUT2D eigenvalue weighted by molar-refractivity contribution is 6.07. The van der Waals surface area contributed by atoms with Gasteiger partial charge < -0.3 is 14.2 Å². The summed E-state index contributed by atoms with van der Waals surface area (Å²) < 4.78 is 7.92. The summed E-state index contributed by atoms with van der Waals surface area (Å²) >= 11 is 0. The summed E-state index contributed by atoms with van der Waals surface area (Å²) in [6.45, 7) is 7.59. The monoisotopic (exact) mass is 451 g/mol. The van der Waals surface area contributed by atoms with Gasteiger partial charge >= 0.3 is 0 Å². The fourth-order valence-electron chi connectivity index (χ4n) is 5.31. The van der Waals surface area contributed by atoms with Crippen LogP contribution in [0.3, 0.4) is 0 Å². The van der Waals surface area contributed by atoms with Gasteiger partial charge in [-0.15, -0.1) is 0 Å². The van der Waals surface area contributed by atoms with Gasteiger partial charge in [-0.2, -0.15) is 0 Å². The van der Waals surface area contributed by atoms with E-state index in [1.54, 1.807) is 0 Å². The predicted molar refractivity (Wildman–Crippen MR) is 135 cm³/mol. The van der Waals surface area contributed by atoms with Crippen molar-refractivity contribution in [3.63, 3.8) is 0 Å². The lowest BCUT2D eigenvalue weighted by molar-refractivity contribution is 0.0787. The Morgan fingerprint density at radius 1 is 1.03 bits per heavy atom. The zero-order valence-electron chi connectivity index (χ0n) is 20.0. The first-order chi connectivity index (χ1) is 16.3. The molecule has 1 aliphatic carbocycles. The zero-order valence-corrected chi connectivity index (χ0v) is 20.0. The van der Waals surface area contributed by atoms with Crippen molar-refractivity contribution in [1.29, 1.82) is 0 Å². The summed E-state index contributed by atoms with van der Waals surface area (Å²) in [5, 5.41) is 16.0. The first-order valence-electron chi connectivity index (χ1n) is 12.0. The minimum atomic E-state index is -0.924. The zero-order chi connectivity index (χ0) is 23.6. The van der Waals surface area contributed by atoms with Crippen LogP contribution in [0.2, 0.25) is 0 Å². The quantitative estimate of drug-likeness (QED) is 0.323. The lowest BCUT2D eigenvalue weighted by atomic mass is 9.97. The van der Waals surface area contributed by atoms with Gasteiger partial charge in [-0.1, -0.05) is 47.6 Å². The van der Waals surface area contributed by atoms with Gasteiger partial charge in [0, 0.05) is 22.7 Å². The van der Waals surface area contributed by atoms with Crippen molar-refractivity contribution in [2.45, 2.75) is 52.2 Å². The Labute approximate surface area is 199 Å². The van der Waals surface area contributed by atoms with E-state index in [1.807, 2.05) is 40.0 Å². The average molecular weight is 452 g/mol. The number of rotatable bonds is 5. The molecule has 5 aromatic rings. The molecule has 1 saturated carbocycles. The Hall–Kier alpha value is -3.44. The molecule has 0 bridgehead atoms.